The summed E-state index contributed by atoms with van der Waals surface area (Å²) >= 11 is 0. The summed E-state index contributed by atoms with van der Waals surface area (Å²) in [5.74, 6) is -7.62. The molecule has 0 saturated carbocycles. The highest BCUT2D eigenvalue weighted by Gasteiger charge is 2.43. The third-order valence-corrected chi connectivity index (χ3v) is 6.46. The van der Waals surface area contributed by atoms with Crippen LogP contribution in [0.4, 0.5) is 0 Å². The fourth-order valence-corrected chi connectivity index (χ4v) is 3.88. The topological polar surface area (TPSA) is 216 Å². The number of carbonyl (C=O) groups is 6. The van der Waals surface area contributed by atoms with Gasteiger partial charge in [0.1, 0.15) is 17.9 Å². The summed E-state index contributed by atoms with van der Waals surface area (Å²) in [4.78, 5) is 77.5. The Bertz CT molecular complexity index is 874. The minimum Gasteiger partial charge on any atom is -0.480 e. The van der Waals surface area contributed by atoms with Gasteiger partial charge in [0, 0.05) is 6.42 Å². The maximum absolute atomic E-state index is 13.8. The SMILES string of the molecule is CCC(N)C(=O)C(=O)NC(CC(C)C)C(=O)N(C(=O)C(N)C(C)CC(=O)C(N)C(C)C)C(C(=O)O)C(C)C. The Kier molecular flexibility index (Phi) is 14.5. The van der Waals surface area contributed by atoms with Crippen molar-refractivity contribution in [2.45, 2.75) is 105 Å². The molecule has 0 aromatic heterocycles. The molecule has 0 aromatic rings. The van der Waals surface area contributed by atoms with Gasteiger partial charge in [0.05, 0.1) is 18.1 Å². The second-order valence-electron chi connectivity index (χ2n) is 11.1. The summed E-state index contributed by atoms with van der Waals surface area (Å²) in [6.45, 7) is 13.3. The lowest BCUT2D eigenvalue weighted by Crippen LogP contribution is -2.62. The maximum Gasteiger partial charge on any atom is 0.327 e. The second kappa shape index (κ2) is 15.6. The van der Waals surface area contributed by atoms with Crippen LogP contribution in [0.5, 0.6) is 0 Å². The van der Waals surface area contributed by atoms with Gasteiger partial charge in [-0.15, -0.1) is 0 Å². The number of hydrogen-bond acceptors (Lipinski definition) is 9. The summed E-state index contributed by atoms with van der Waals surface area (Å²) in [7, 11) is 0. The molecule has 0 aliphatic heterocycles. The Balaban J connectivity index is 6.38. The van der Waals surface area contributed by atoms with E-state index >= 15 is 0 Å². The van der Waals surface area contributed by atoms with Crippen LogP contribution in [0.15, 0.2) is 0 Å². The number of imide groups is 1. The van der Waals surface area contributed by atoms with Crippen molar-refractivity contribution in [3.05, 3.63) is 0 Å². The number of nitrogens with one attached hydrogen (secondary N) is 1. The number of nitrogens with zero attached hydrogens (tertiary/aromatic N) is 1. The number of amides is 3. The van der Waals surface area contributed by atoms with Gasteiger partial charge in [-0.3, -0.25) is 28.9 Å². The second-order valence-corrected chi connectivity index (χ2v) is 11.1. The number of Topliss-reactive ketones (excluding diaryl/α,β-unsaturated/α-hetero) is 2. The molecule has 0 heterocycles. The van der Waals surface area contributed by atoms with Crippen molar-refractivity contribution in [1.29, 1.82) is 0 Å². The van der Waals surface area contributed by atoms with Gasteiger partial charge in [-0.05, 0) is 36.5 Å². The monoisotopic (exact) mass is 541 g/mol. The molecule has 0 aliphatic rings. The fraction of sp³-hybridized carbons (Fsp3) is 0.769. The van der Waals surface area contributed by atoms with E-state index in [4.69, 9.17) is 17.2 Å². The molecule has 12 heteroatoms. The predicted octanol–water partition coefficient (Wildman–Crippen LogP) is 0.194. The molecule has 38 heavy (non-hydrogen) atoms. The summed E-state index contributed by atoms with van der Waals surface area (Å²) in [6.07, 6.45) is 0.0588. The van der Waals surface area contributed by atoms with E-state index in [9.17, 15) is 33.9 Å². The predicted molar refractivity (Wildman–Crippen MR) is 142 cm³/mol. The van der Waals surface area contributed by atoms with Crippen LogP contribution < -0.4 is 22.5 Å². The molecule has 3 amide bonds. The molecule has 0 fully saturated rings. The van der Waals surface area contributed by atoms with E-state index in [-0.39, 0.29) is 36.9 Å². The maximum atomic E-state index is 13.8. The van der Waals surface area contributed by atoms with Crippen molar-refractivity contribution >= 4 is 35.3 Å². The summed E-state index contributed by atoms with van der Waals surface area (Å²) in [5.41, 5.74) is 17.8. The van der Waals surface area contributed by atoms with E-state index in [0.29, 0.717) is 4.90 Å². The van der Waals surface area contributed by atoms with Crippen LogP contribution in [0.3, 0.4) is 0 Å². The van der Waals surface area contributed by atoms with E-state index in [1.807, 2.05) is 0 Å². The van der Waals surface area contributed by atoms with Crippen molar-refractivity contribution in [2.75, 3.05) is 0 Å². The molecule has 0 radical (unpaired) electrons. The standard InChI is InChI=1S/C26H47N5O7/c1-9-16(27)22(33)23(34)30-17(10-12(2)3)24(35)31(21(14(6)7)26(37)38)25(36)20(29)15(8)11-18(32)19(28)13(4)5/h12-17,19-21H,9-11,27-29H2,1-8H3,(H,30,34)(H,37,38). The minimum absolute atomic E-state index is 0.0138. The van der Waals surface area contributed by atoms with Crippen LogP contribution >= 0.6 is 0 Å². The van der Waals surface area contributed by atoms with E-state index in [2.05, 4.69) is 5.32 Å². The minimum atomic E-state index is -1.61. The molecule has 0 aromatic carbocycles. The molecule has 12 nitrogen and oxygen atoms in total. The van der Waals surface area contributed by atoms with Crippen LogP contribution in [0.25, 0.3) is 0 Å². The number of ketones is 2. The highest BCUT2D eigenvalue weighted by molar-refractivity contribution is 6.38. The van der Waals surface area contributed by atoms with Crippen molar-refractivity contribution in [2.24, 2.45) is 40.9 Å². The Hall–Kier alpha value is -2.70. The Morgan fingerprint density at radius 2 is 1.34 bits per heavy atom. The zero-order chi connectivity index (χ0) is 30.1. The first-order valence-electron chi connectivity index (χ1n) is 13.1. The lowest BCUT2D eigenvalue weighted by Gasteiger charge is -2.35. The molecule has 0 rings (SSSR count). The number of aliphatic carboxylic acids is 1. The molecule has 0 bridgehead atoms. The molecule has 8 N–H and O–H groups in total. The van der Waals surface area contributed by atoms with Crippen molar-refractivity contribution in [3.8, 4) is 0 Å². The summed E-state index contributed by atoms with van der Waals surface area (Å²) in [5, 5.41) is 12.3. The average molecular weight is 542 g/mol. The van der Waals surface area contributed by atoms with Crippen LogP contribution in [-0.2, 0) is 28.8 Å². The Labute approximate surface area is 225 Å². The summed E-state index contributed by atoms with van der Waals surface area (Å²) < 4.78 is 0. The number of hydrogen-bond donors (Lipinski definition) is 5. The normalized spacial score (nSPS) is 16.4. The largest absolute Gasteiger partial charge is 0.480 e. The zero-order valence-corrected chi connectivity index (χ0v) is 23.9. The fourth-order valence-electron chi connectivity index (χ4n) is 3.88. The first-order chi connectivity index (χ1) is 17.4. The smallest absolute Gasteiger partial charge is 0.327 e. The van der Waals surface area contributed by atoms with Gasteiger partial charge < -0.3 is 27.6 Å². The van der Waals surface area contributed by atoms with Gasteiger partial charge in [-0.2, -0.15) is 0 Å². The van der Waals surface area contributed by atoms with Gasteiger partial charge in [0.2, 0.25) is 11.7 Å². The van der Waals surface area contributed by atoms with E-state index in [1.165, 1.54) is 13.8 Å². The first kappa shape index (κ1) is 35.3. The number of carboxylic acid groups (broad SMARTS) is 1. The van der Waals surface area contributed by atoms with Crippen LogP contribution in [0, 0.1) is 23.7 Å². The van der Waals surface area contributed by atoms with E-state index < -0.39 is 71.5 Å². The first-order valence-corrected chi connectivity index (χ1v) is 13.1. The molecule has 0 aliphatic carbocycles. The molecular formula is C26H47N5O7. The van der Waals surface area contributed by atoms with Gasteiger partial charge in [0.25, 0.3) is 11.8 Å². The van der Waals surface area contributed by atoms with Crippen LogP contribution in [0.1, 0.15) is 74.7 Å². The summed E-state index contributed by atoms with van der Waals surface area (Å²) in [6, 6.07) is -6.25. The molecule has 6 unspecified atom stereocenters. The zero-order valence-electron chi connectivity index (χ0n) is 23.9. The average Bonchev–Trinajstić information content (AvgIpc) is 2.82. The Morgan fingerprint density at radius 3 is 1.74 bits per heavy atom. The molecule has 0 saturated heterocycles. The van der Waals surface area contributed by atoms with Gasteiger partial charge in [-0.25, -0.2) is 4.79 Å². The molecule has 0 spiro atoms. The number of rotatable bonds is 16. The van der Waals surface area contributed by atoms with Gasteiger partial charge >= 0.3 is 5.97 Å². The van der Waals surface area contributed by atoms with Crippen molar-refractivity contribution < 1.29 is 33.9 Å². The number of nitrogens with two attached hydrogens (primary N) is 3. The highest BCUT2D eigenvalue weighted by Crippen LogP contribution is 2.21. The van der Waals surface area contributed by atoms with Crippen LogP contribution in [-0.4, -0.2) is 75.5 Å². The number of carbonyl (C=O) groups excluding carboxylic acids is 5. The van der Waals surface area contributed by atoms with Gasteiger partial charge in [0.15, 0.2) is 0 Å². The van der Waals surface area contributed by atoms with E-state index in [0.717, 1.165) is 0 Å². The van der Waals surface area contributed by atoms with Gasteiger partial charge in [-0.1, -0.05) is 55.4 Å². The Morgan fingerprint density at radius 1 is 0.816 bits per heavy atom. The highest BCUT2D eigenvalue weighted by atomic mass is 16.4. The van der Waals surface area contributed by atoms with Crippen LogP contribution in [0.2, 0.25) is 0 Å². The third kappa shape index (κ3) is 9.88. The lowest BCUT2D eigenvalue weighted by molar-refractivity contribution is -0.162. The third-order valence-electron chi connectivity index (χ3n) is 6.46. The molecule has 218 valence electrons. The van der Waals surface area contributed by atoms with E-state index in [1.54, 1.807) is 41.5 Å². The molecule has 6 atom stereocenters. The number of carboxylic acids is 1. The van der Waals surface area contributed by atoms with Crippen molar-refractivity contribution in [1.82, 2.24) is 10.2 Å². The lowest BCUT2D eigenvalue weighted by atomic mass is 9.89. The van der Waals surface area contributed by atoms with Crippen molar-refractivity contribution in [3.63, 3.8) is 0 Å². The quantitative estimate of drug-likeness (QED) is 0.167. The molecular weight excluding hydrogens is 494 g/mol.